The number of halogens is 2. The third-order valence-corrected chi connectivity index (χ3v) is 5.36. The lowest BCUT2D eigenvalue weighted by Gasteiger charge is -2.25. The first-order chi connectivity index (χ1) is 13.5. The number of nitrogens with zero attached hydrogens (tertiary/aromatic N) is 5. The Morgan fingerprint density at radius 3 is 2.83 bits per heavy atom. The lowest BCUT2D eigenvalue weighted by molar-refractivity contribution is 0.298. The number of nitrogens with one attached hydrogen (secondary N) is 2. The van der Waals surface area contributed by atoms with Crippen LogP contribution in [0.15, 0.2) is 41.7 Å². The zero-order chi connectivity index (χ0) is 20.1. The van der Waals surface area contributed by atoms with Crippen molar-refractivity contribution >= 4 is 47.2 Å². The van der Waals surface area contributed by atoms with E-state index < -0.39 is 0 Å². The molecule has 29 heavy (non-hydrogen) atoms. The predicted molar refractivity (Wildman–Crippen MR) is 132 cm³/mol. The van der Waals surface area contributed by atoms with Crippen molar-refractivity contribution < 1.29 is 0 Å². The Morgan fingerprint density at radius 1 is 1.41 bits per heavy atom. The monoisotopic (exact) mass is 531 g/mol. The van der Waals surface area contributed by atoms with E-state index in [9.17, 15) is 0 Å². The van der Waals surface area contributed by atoms with E-state index in [2.05, 4.69) is 56.9 Å². The highest BCUT2D eigenvalue weighted by molar-refractivity contribution is 14.0. The van der Waals surface area contributed by atoms with Gasteiger partial charge in [0.2, 0.25) is 0 Å². The van der Waals surface area contributed by atoms with E-state index in [1.807, 2.05) is 43.2 Å². The van der Waals surface area contributed by atoms with Crippen LogP contribution in [0.4, 0.5) is 5.69 Å². The van der Waals surface area contributed by atoms with Gasteiger partial charge in [0.05, 0.1) is 12.2 Å². The van der Waals surface area contributed by atoms with E-state index in [1.54, 1.807) is 0 Å². The average molecular weight is 532 g/mol. The Balaban J connectivity index is 0.00000300. The van der Waals surface area contributed by atoms with Crippen molar-refractivity contribution in [1.82, 2.24) is 25.3 Å². The fourth-order valence-corrected chi connectivity index (χ4v) is 3.76. The fourth-order valence-electron chi connectivity index (χ4n) is 3.58. The summed E-state index contributed by atoms with van der Waals surface area (Å²) in [5.41, 5.74) is 2.35. The summed E-state index contributed by atoms with van der Waals surface area (Å²) in [5.74, 6) is 0.827. The van der Waals surface area contributed by atoms with Gasteiger partial charge >= 0.3 is 0 Å². The Hall–Kier alpha value is -1.52. The smallest absolute Gasteiger partial charge is 0.191 e. The van der Waals surface area contributed by atoms with E-state index in [4.69, 9.17) is 11.6 Å². The molecule has 7 nitrogen and oxygen atoms in total. The number of hydrogen-bond acceptors (Lipinski definition) is 4. The van der Waals surface area contributed by atoms with Crippen LogP contribution < -0.4 is 15.5 Å². The summed E-state index contributed by atoms with van der Waals surface area (Å²) < 4.78 is 1.84. The van der Waals surface area contributed by atoms with E-state index in [0.29, 0.717) is 6.04 Å². The van der Waals surface area contributed by atoms with E-state index in [0.717, 1.165) is 37.0 Å². The van der Waals surface area contributed by atoms with Gasteiger partial charge < -0.3 is 20.4 Å². The fraction of sp³-hybridized carbons (Fsp3) is 0.500. The number of rotatable bonds is 6. The third kappa shape index (κ3) is 6.48. The van der Waals surface area contributed by atoms with Crippen LogP contribution in [0.1, 0.15) is 18.0 Å². The molecule has 1 aromatic heterocycles. The molecule has 1 fully saturated rings. The summed E-state index contributed by atoms with van der Waals surface area (Å²) in [6, 6.07) is 8.61. The predicted octanol–water partition coefficient (Wildman–Crippen LogP) is 2.74. The molecule has 0 bridgehead atoms. The van der Waals surface area contributed by atoms with Gasteiger partial charge in [0.15, 0.2) is 5.96 Å². The minimum absolute atomic E-state index is 0. The maximum atomic E-state index is 6.13. The Morgan fingerprint density at radius 2 is 2.21 bits per heavy atom. The van der Waals surface area contributed by atoms with Crippen LogP contribution in [0.5, 0.6) is 0 Å². The second-order valence-electron chi connectivity index (χ2n) is 7.44. The summed E-state index contributed by atoms with van der Waals surface area (Å²) in [4.78, 5) is 8.95. The van der Waals surface area contributed by atoms with Crippen molar-refractivity contribution in [2.45, 2.75) is 18.5 Å². The highest BCUT2D eigenvalue weighted by Crippen LogP contribution is 2.23. The topological polar surface area (TPSA) is 60.7 Å². The highest BCUT2D eigenvalue weighted by atomic mass is 127. The maximum Gasteiger partial charge on any atom is 0.191 e. The van der Waals surface area contributed by atoms with Crippen molar-refractivity contribution in [3.8, 4) is 0 Å². The number of aryl methyl sites for hydroxylation is 1. The average Bonchev–Trinajstić information content (AvgIpc) is 3.30. The number of likely N-dealkylation sites (N-methyl/N-ethyl adjacent to an activating group) is 1. The Labute approximate surface area is 195 Å². The van der Waals surface area contributed by atoms with Gasteiger partial charge in [-0.3, -0.25) is 9.67 Å². The van der Waals surface area contributed by atoms with Crippen LogP contribution in [0, 0.1) is 0 Å². The molecule has 0 amide bonds. The molecule has 0 saturated carbocycles. The standard InChI is InChI=1S/C20H30ClN7.HI/c1-22-20(23-12-19(26(2)3)15-11-24-27(4)13-15)25-17-8-9-28(14-17)18-7-5-6-16(21)10-18;/h5-7,10-11,13,17,19H,8-9,12,14H2,1-4H3,(H2,22,23,25);1H. The molecule has 2 unspecified atom stereocenters. The van der Waals surface area contributed by atoms with Gasteiger partial charge in [-0.2, -0.15) is 5.10 Å². The second kappa shape index (κ2) is 11.0. The van der Waals surface area contributed by atoms with Gasteiger partial charge in [-0.25, -0.2) is 0 Å². The van der Waals surface area contributed by atoms with Gasteiger partial charge in [-0.05, 0) is 38.7 Å². The van der Waals surface area contributed by atoms with Gasteiger partial charge in [0.25, 0.3) is 0 Å². The van der Waals surface area contributed by atoms with Gasteiger partial charge in [0, 0.05) is 62.2 Å². The zero-order valence-corrected chi connectivity index (χ0v) is 20.6. The number of anilines is 1. The molecule has 160 valence electrons. The molecule has 0 radical (unpaired) electrons. The summed E-state index contributed by atoms with van der Waals surface area (Å²) >= 11 is 6.13. The summed E-state index contributed by atoms with van der Waals surface area (Å²) in [6.45, 7) is 2.69. The number of guanidine groups is 1. The minimum Gasteiger partial charge on any atom is -0.369 e. The third-order valence-electron chi connectivity index (χ3n) is 5.12. The van der Waals surface area contributed by atoms with Crippen molar-refractivity contribution in [3.63, 3.8) is 0 Å². The van der Waals surface area contributed by atoms with Crippen LogP contribution >= 0.6 is 35.6 Å². The summed E-state index contributed by atoms with van der Waals surface area (Å²) in [5, 5.41) is 12.1. The molecule has 0 spiro atoms. The summed E-state index contributed by atoms with van der Waals surface area (Å²) in [7, 11) is 7.91. The molecule has 2 aromatic rings. The van der Waals surface area contributed by atoms with Crippen molar-refractivity contribution in [2.75, 3.05) is 45.7 Å². The number of hydrogen-bond donors (Lipinski definition) is 2. The lowest BCUT2D eigenvalue weighted by atomic mass is 10.1. The Kier molecular flexibility index (Phi) is 9.04. The van der Waals surface area contributed by atoms with Crippen molar-refractivity contribution in [1.29, 1.82) is 0 Å². The van der Waals surface area contributed by atoms with E-state index in [-0.39, 0.29) is 30.0 Å². The number of aromatic nitrogens is 2. The molecular formula is C20H31ClIN7. The normalized spacial score (nSPS) is 17.9. The molecule has 1 aliphatic heterocycles. The molecule has 9 heteroatoms. The highest BCUT2D eigenvalue weighted by Gasteiger charge is 2.24. The molecule has 1 saturated heterocycles. The van der Waals surface area contributed by atoms with Crippen LogP contribution in [-0.2, 0) is 7.05 Å². The molecule has 2 N–H and O–H groups in total. The van der Waals surface area contributed by atoms with Gasteiger partial charge in [0.1, 0.15) is 0 Å². The SMILES string of the molecule is CN=C(NCC(c1cnn(C)c1)N(C)C)NC1CCN(c2cccc(Cl)c2)C1.I. The largest absolute Gasteiger partial charge is 0.369 e. The van der Waals surface area contributed by atoms with E-state index in [1.165, 1.54) is 11.3 Å². The van der Waals surface area contributed by atoms with Crippen molar-refractivity contribution in [3.05, 3.63) is 47.2 Å². The van der Waals surface area contributed by atoms with Crippen LogP contribution in [0.2, 0.25) is 5.02 Å². The molecule has 0 aliphatic carbocycles. The molecular weight excluding hydrogens is 501 g/mol. The van der Waals surface area contributed by atoms with Crippen LogP contribution in [0.3, 0.4) is 0 Å². The molecule has 1 aliphatic rings. The molecule has 2 atom stereocenters. The maximum absolute atomic E-state index is 6.13. The van der Waals surface area contributed by atoms with Gasteiger partial charge in [-0.15, -0.1) is 24.0 Å². The minimum atomic E-state index is 0. The van der Waals surface area contributed by atoms with Crippen LogP contribution in [0.25, 0.3) is 0 Å². The number of benzene rings is 1. The molecule has 1 aromatic carbocycles. The first-order valence-corrected chi connectivity index (χ1v) is 9.96. The van der Waals surface area contributed by atoms with Crippen LogP contribution in [-0.4, -0.2) is 67.5 Å². The van der Waals surface area contributed by atoms with Crippen molar-refractivity contribution in [2.24, 2.45) is 12.0 Å². The quantitative estimate of drug-likeness (QED) is 0.341. The summed E-state index contributed by atoms with van der Waals surface area (Å²) in [6.07, 6.45) is 5.04. The van der Waals surface area contributed by atoms with E-state index >= 15 is 0 Å². The zero-order valence-electron chi connectivity index (χ0n) is 17.5. The van der Waals surface area contributed by atoms with Gasteiger partial charge in [-0.1, -0.05) is 17.7 Å². The first-order valence-electron chi connectivity index (χ1n) is 9.59. The second-order valence-corrected chi connectivity index (χ2v) is 7.87. The Bertz CT molecular complexity index is 808. The number of aliphatic imine (C=N–C) groups is 1. The molecule has 2 heterocycles. The molecule has 3 rings (SSSR count). The lowest BCUT2D eigenvalue weighted by Crippen LogP contribution is -2.46. The first kappa shape index (κ1) is 23.8.